The number of hydroxylamine groups is 1. The minimum absolute atomic E-state index is 0. The second-order valence-electron chi connectivity index (χ2n) is 7.93. The van der Waals surface area contributed by atoms with Gasteiger partial charge in [0.2, 0.25) is 0 Å². The zero-order valence-corrected chi connectivity index (χ0v) is 19.2. The fraction of sp³-hybridized carbons (Fsp3) is 0.407. The van der Waals surface area contributed by atoms with Crippen molar-refractivity contribution in [3.63, 3.8) is 0 Å². The zero-order valence-electron chi connectivity index (χ0n) is 19.2. The Kier molecular flexibility index (Phi) is 13.3. The lowest BCUT2D eigenvalue weighted by Gasteiger charge is -2.19. The van der Waals surface area contributed by atoms with Gasteiger partial charge in [0.15, 0.2) is 0 Å². The van der Waals surface area contributed by atoms with Crippen LogP contribution in [0.5, 0.6) is 0 Å². The molecule has 34 heavy (non-hydrogen) atoms. The predicted molar refractivity (Wildman–Crippen MR) is 134 cm³/mol. The first kappa shape index (κ1) is 28.9. The molecule has 0 saturated carbocycles. The SMILES string of the molecule is C.CCCCCCNCc1ccc(C#Cc2ccc(C(=O)N[C@H](C(=O)NO)[C@@H](C)O)cc2)cc1. The van der Waals surface area contributed by atoms with E-state index >= 15 is 0 Å². The third kappa shape index (κ3) is 9.75. The summed E-state index contributed by atoms with van der Waals surface area (Å²) >= 11 is 0. The van der Waals surface area contributed by atoms with Crippen molar-refractivity contribution in [2.45, 2.75) is 65.6 Å². The maximum absolute atomic E-state index is 12.3. The molecule has 7 nitrogen and oxygen atoms in total. The summed E-state index contributed by atoms with van der Waals surface area (Å²) in [5.41, 5.74) is 4.60. The summed E-state index contributed by atoms with van der Waals surface area (Å²) in [5, 5.41) is 24.2. The van der Waals surface area contributed by atoms with Crippen LogP contribution < -0.4 is 16.1 Å². The molecule has 2 atom stereocenters. The largest absolute Gasteiger partial charge is 0.391 e. The smallest absolute Gasteiger partial charge is 0.268 e. The van der Waals surface area contributed by atoms with E-state index in [-0.39, 0.29) is 7.43 Å². The number of rotatable bonds is 11. The van der Waals surface area contributed by atoms with E-state index in [4.69, 9.17) is 5.21 Å². The fourth-order valence-corrected chi connectivity index (χ4v) is 3.16. The number of hydrogen-bond donors (Lipinski definition) is 5. The topological polar surface area (TPSA) is 111 Å². The van der Waals surface area contributed by atoms with Crippen LogP contribution in [0.4, 0.5) is 0 Å². The lowest BCUT2D eigenvalue weighted by atomic mass is 10.1. The Morgan fingerprint density at radius 2 is 1.53 bits per heavy atom. The number of benzene rings is 2. The first-order valence-corrected chi connectivity index (χ1v) is 11.3. The Morgan fingerprint density at radius 1 is 0.941 bits per heavy atom. The second kappa shape index (κ2) is 15.6. The lowest BCUT2D eigenvalue weighted by Crippen LogP contribution is -2.51. The predicted octanol–water partition coefficient (Wildman–Crippen LogP) is 3.38. The number of aliphatic hydroxyl groups is 1. The molecule has 0 aliphatic carbocycles. The number of aliphatic hydroxyl groups excluding tert-OH is 1. The summed E-state index contributed by atoms with van der Waals surface area (Å²) in [4.78, 5) is 23.9. The average molecular weight is 468 g/mol. The molecule has 2 rings (SSSR count). The Balaban J connectivity index is 0.00000578. The molecule has 0 radical (unpaired) electrons. The van der Waals surface area contributed by atoms with Gasteiger partial charge in [-0.2, -0.15) is 0 Å². The molecule has 0 heterocycles. The molecule has 0 bridgehead atoms. The highest BCUT2D eigenvalue weighted by Gasteiger charge is 2.25. The molecule has 184 valence electrons. The molecule has 7 heteroatoms. The number of hydrogen-bond acceptors (Lipinski definition) is 5. The minimum atomic E-state index is -1.26. The van der Waals surface area contributed by atoms with Gasteiger partial charge in [0.05, 0.1) is 6.10 Å². The molecule has 5 N–H and O–H groups in total. The molecule has 0 fully saturated rings. The molecule has 2 amide bonds. The van der Waals surface area contributed by atoms with Crippen molar-refractivity contribution >= 4 is 11.8 Å². The van der Waals surface area contributed by atoms with E-state index < -0.39 is 24.0 Å². The monoisotopic (exact) mass is 467 g/mol. The summed E-state index contributed by atoms with van der Waals surface area (Å²) in [6, 6.07) is 13.5. The van der Waals surface area contributed by atoms with E-state index in [2.05, 4.69) is 41.5 Å². The maximum Gasteiger partial charge on any atom is 0.268 e. The van der Waals surface area contributed by atoms with Crippen LogP contribution in [-0.2, 0) is 11.3 Å². The summed E-state index contributed by atoms with van der Waals surface area (Å²) < 4.78 is 0. The van der Waals surface area contributed by atoms with E-state index in [1.54, 1.807) is 24.3 Å². The standard InChI is InChI=1S/C26H33N3O4.CH4/c1-3-4-5-6-17-27-18-22-11-9-20(10-12-22)7-8-21-13-15-23(16-14-21)25(31)28-24(19(2)30)26(32)29-33;/h9-16,19,24,27,30,33H,3-6,17-18H2,1-2H3,(H,28,31)(H,29,32);1H4/t19-,24+;/m1./s1. The quantitative estimate of drug-likeness (QED) is 0.151. The Bertz CT molecular complexity index is 945. The van der Waals surface area contributed by atoms with Crippen LogP contribution in [-0.4, -0.2) is 40.8 Å². The molecular formula is C27H37N3O4. The lowest BCUT2D eigenvalue weighted by molar-refractivity contribution is -0.133. The molecule has 0 saturated heterocycles. The normalized spacial score (nSPS) is 11.9. The first-order chi connectivity index (χ1) is 15.9. The summed E-state index contributed by atoms with van der Waals surface area (Å²) in [6.07, 6.45) is 3.85. The van der Waals surface area contributed by atoms with E-state index in [0.29, 0.717) is 5.56 Å². The Labute approximate surface area is 202 Å². The number of amides is 2. The Hall–Kier alpha value is -3.18. The van der Waals surface area contributed by atoms with Crippen LogP contribution in [0.25, 0.3) is 0 Å². The molecule has 0 unspecified atom stereocenters. The van der Waals surface area contributed by atoms with E-state index in [1.807, 2.05) is 12.1 Å². The molecule has 0 spiro atoms. The van der Waals surface area contributed by atoms with E-state index in [1.165, 1.54) is 43.7 Å². The van der Waals surface area contributed by atoms with Crippen molar-refractivity contribution < 1.29 is 19.9 Å². The highest BCUT2D eigenvalue weighted by Crippen LogP contribution is 2.07. The molecular weight excluding hydrogens is 430 g/mol. The van der Waals surface area contributed by atoms with Gasteiger partial charge in [-0.25, -0.2) is 5.48 Å². The number of carbonyl (C=O) groups excluding carboxylic acids is 2. The van der Waals surface area contributed by atoms with Crippen molar-refractivity contribution in [3.8, 4) is 11.8 Å². The van der Waals surface area contributed by atoms with Gasteiger partial charge in [-0.3, -0.25) is 14.8 Å². The van der Waals surface area contributed by atoms with Crippen molar-refractivity contribution in [1.82, 2.24) is 16.1 Å². The van der Waals surface area contributed by atoms with Gasteiger partial charge in [-0.1, -0.05) is 57.6 Å². The molecule has 2 aromatic carbocycles. The van der Waals surface area contributed by atoms with Gasteiger partial charge < -0.3 is 15.7 Å². The van der Waals surface area contributed by atoms with Crippen LogP contribution in [0, 0.1) is 11.8 Å². The molecule has 0 aliphatic heterocycles. The van der Waals surface area contributed by atoms with Crippen LogP contribution in [0.2, 0.25) is 0 Å². The summed E-state index contributed by atoms with van der Waals surface area (Å²) in [7, 11) is 0. The summed E-state index contributed by atoms with van der Waals surface area (Å²) in [5.74, 6) is 4.75. The van der Waals surface area contributed by atoms with Crippen LogP contribution >= 0.6 is 0 Å². The van der Waals surface area contributed by atoms with Crippen molar-refractivity contribution in [2.24, 2.45) is 0 Å². The zero-order chi connectivity index (χ0) is 24.1. The van der Waals surface area contributed by atoms with Crippen molar-refractivity contribution in [1.29, 1.82) is 0 Å². The average Bonchev–Trinajstić information content (AvgIpc) is 2.83. The second-order valence-corrected chi connectivity index (χ2v) is 7.93. The molecule has 2 aromatic rings. The highest BCUT2D eigenvalue weighted by molar-refractivity contribution is 5.97. The van der Waals surface area contributed by atoms with Gasteiger partial charge in [-0.15, -0.1) is 0 Å². The third-order valence-electron chi connectivity index (χ3n) is 5.15. The third-order valence-corrected chi connectivity index (χ3v) is 5.15. The van der Waals surface area contributed by atoms with Gasteiger partial charge in [0.1, 0.15) is 6.04 Å². The first-order valence-electron chi connectivity index (χ1n) is 11.3. The molecule has 0 aromatic heterocycles. The summed E-state index contributed by atoms with van der Waals surface area (Å²) in [6.45, 7) is 5.43. The van der Waals surface area contributed by atoms with Gasteiger partial charge in [0.25, 0.3) is 11.8 Å². The van der Waals surface area contributed by atoms with E-state index in [0.717, 1.165) is 24.2 Å². The highest BCUT2D eigenvalue weighted by atomic mass is 16.5. The van der Waals surface area contributed by atoms with Crippen molar-refractivity contribution in [3.05, 3.63) is 70.8 Å². The number of carbonyl (C=O) groups is 2. The molecule has 0 aliphatic rings. The fourth-order valence-electron chi connectivity index (χ4n) is 3.16. The van der Waals surface area contributed by atoms with E-state index in [9.17, 15) is 14.7 Å². The van der Waals surface area contributed by atoms with Gasteiger partial charge >= 0.3 is 0 Å². The number of unbranched alkanes of at least 4 members (excludes halogenated alkanes) is 3. The minimum Gasteiger partial charge on any atom is -0.391 e. The van der Waals surface area contributed by atoms with Crippen LogP contribution in [0.1, 0.15) is 74.0 Å². The van der Waals surface area contributed by atoms with Gasteiger partial charge in [0, 0.05) is 23.2 Å². The Morgan fingerprint density at radius 3 is 2.06 bits per heavy atom. The van der Waals surface area contributed by atoms with Crippen LogP contribution in [0.15, 0.2) is 48.5 Å². The maximum atomic E-state index is 12.3. The van der Waals surface area contributed by atoms with Crippen LogP contribution in [0.3, 0.4) is 0 Å². The number of nitrogens with one attached hydrogen (secondary N) is 3. The van der Waals surface area contributed by atoms with Crippen molar-refractivity contribution in [2.75, 3.05) is 6.54 Å². The van der Waals surface area contributed by atoms with Gasteiger partial charge in [-0.05, 0) is 61.9 Å².